The van der Waals surface area contributed by atoms with Crippen LogP contribution in [0, 0.1) is 5.41 Å². The highest BCUT2D eigenvalue weighted by atomic mass is 16.5. The van der Waals surface area contributed by atoms with Crippen molar-refractivity contribution in [1.29, 1.82) is 0 Å². The van der Waals surface area contributed by atoms with Crippen molar-refractivity contribution in [3.63, 3.8) is 0 Å². The molecule has 88 valence electrons. The third-order valence-electron chi connectivity index (χ3n) is 4.43. The molecule has 1 N–H and O–H groups in total. The Kier molecular flexibility index (Phi) is 3.68. The maximum Gasteiger partial charge on any atom is 0.0604 e. The van der Waals surface area contributed by atoms with E-state index in [0.717, 1.165) is 12.6 Å². The normalized spacial score (nSPS) is 33.2. The van der Waals surface area contributed by atoms with Crippen molar-refractivity contribution in [3.05, 3.63) is 0 Å². The van der Waals surface area contributed by atoms with Crippen LogP contribution < -0.4 is 5.32 Å². The maximum absolute atomic E-state index is 5.57. The van der Waals surface area contributed by atoms with Crippen LogP contribution in [0.15, 0.2) is 0 Å². The predicted octanol–water partition coefficient (Wildman–Crippen LogP) is 2.72. The zero-order valence-electron chi connectivity index (χ0n) is 10.2. The number of nitrogens with one attached hydrogen (secondary N) is 1. The van der Waals surface area contributed by atoms with Gasteiger partial charge in [0.05, 0.1) is 6.10 Å². The van der Waals surface area contributed by atoms with Crippen molar-refractivity contribution < 1.29 is 4.74 Å². The number of hydrogen-bond acceptors (Lipinski definition) is 2. The van der Waals surface area contributed by atoms with E-state index in [4.69, 9.17) is 4.74 Å². The molecule has 0 spiro atoms. The van der Waals surface area contributed by atoms with E-state index < -0.39 is 0 Å². The number of ether oxygens (including phenoxy) is 1. The van der Waals surface area contributed by atoms with Crippen molar-refractivity contribution in [3.8, 4) is 0 Å². The quantitative estimate of drug-likeness (QED) is 0.729. The molecule has 0 unspecified atom stereocenters. The molecule has 2 aliphatic rings. The standard InChI is InChI=1S/C13H25NO/c1-3-13(6-5-7-13)10-14-11-8-12(9-11)15-4-2/h11-12,14H,3-10H2,1-2H3. The lowest BCUT2D eigenvalue weighted by Crippen LogP contribution is -2.50. The lowest BCUT2D eigenvalue weighted by molar-refractivity contribution is -0.0152. The van der Waals surface area contributed by atoms with Crippen LogP contribution in [-0.4, -0.2) is 25.3 Å². The molecule has 0 radical (unpaired) electrons. The van der Waals surface area contributed by atoms with Crippen LogP contribution in [0.4, 0.5) is 0 Å². The lowest BCUT2D eigenvalue weighted by Gasteiger charge is -2.44. The van der Waals surface area contributed by atoms with E-state index in [1.807, 2.05) is 0 Å². The predicted molar refractivity (Wildman–Crippen MR) is 63.0 cm³/mol. The van der Waals surface area contributed by atoms with Gasteiger partial charge < -0.3 is 10.1 Å². The Morgan fingerprint density at radius 1 is 1.27 bits per heavy atom. The van der Waals surface area contributed by atoms with Crippen LogP contribution in [0.25, 0.3) is 0 Å². The fraction of sp³-hybridized carbons (Fsp3) is 1.00. The molecular formula is C13H25NO. The summed E-state index contributed by atoms with van der Waals surface area (Å²) in [5.41, 5.74) is 0.663. The van der Waals surface area contributed by atoms with Gasteiger partial charge >= 0.3 is 0 Å². The topological polar surface area (TPSA) is 21.3 Å². The van der Waals surface area contributed by atoms with Gasteiger partial charge in [-0.2, -0.15) is 0 Å². The molecule has 0 aliphatic heterocycles. The molecule has 0 saturated heterocycles. The second-order valence-corrected chi connectivity index (χ2v) is 5.33. The SMILES string of the molecule is CCOC1CC(NCC2(CC)CCC2)C1. The first-order chi connectivity index (χ1) is 7.28. The third kappa shape index (κ3) is 2.54. The summed E-state index contributed by atoms with van der Waals surface area (Å²) in [6, 6.07) is 0.741. The first kappa shape index (κ1) is 11.4. The minimum atomic E-state index is 0.548. The summed E-state index contributed by atoms with van der Waals surface area (Å²) in [7, 11) is 0. The first-order valence-electron chi connectivity index (χ1n) is 6.63. The minimum Gasteiger partial charge on any atom is -0.378 e. The average Bonchev–Trinajstić information content (AvgIpc) is 2.12. The van der Waals surface area contributed by atoms with E-state index in [-0.39, 0.29) is 0 Å². The maximum atomic E-state index is 5.57. The molecule has 0 aromatic rings. The fourth-order valence-corrected chi connectivity index (χ4v) is 2.80. The molecule has 0 aromatic carbocycles. The monoisotopic (exact) mass is 211 g/mol. The molecule has 2 heteroatoms. The van der Waals surface area contributed by atoms with Crippen LogP contribution >= 0.6 is 0 Å². The van der Waals surface area contributed by atoms with Crippen molar-refractivity contribution >= 4 is 0 Å². The van der Waals surface area contributed by atoms with Crippen LogP contribution in [0.5, 0.6) is 0 Å². The molecule has 2 aliphatic carbocycles. The van der Waals surface area contributed by atoms with Gasteiger partial charge in [-0.15, -0.1) is 0 Å². The van der Waals surface area contributed by atoms with Gasteiger partial charge in [-0.1, -0.05) is 13.3 Å². The molecule has 0 amide bonds. The summed E-state index contributed by atoms with van der Waals surface area (Å²) in [4.78, 5) is 0. The lowest BCUT2D eigenvalue weighted by atomic mass is 9.67. The highest BCUT2D eigenvalue weighted by molar-refractivity contribution is 4.92. The van der Waals surface area contributed by atoms with E-state index >= 15 is 0 Å². The van der Waals surface area contributed by atoms with E-state index in [2.05, 4.69) is 19.2 Å². The summed E-state index contributed by atoms with van der Waals surface area (Å²) in [5, 5.41) is 3.72. The van der Waals surface area contributed by atoms with Gasteiger partial charge in [0.15, 0.2) is 0 Å². The van der Waals surface area contributed by atoms with Gasteiger partial charge in [0.2, 0.25) is 0 Å². The zero-order chi connectivity index (χ0) is 10.7. The van der Waals surface area contributed by atoms with Crippen molar-refractivity contribution in [2.24, 2.45) is 5.41 Å². The molecule has 2 nitrogen and oxygen atoms in total. The van der Waals surface area contributed by atoms with E-state index in [0.29, 0.717) is 11.5 Å². The average molecular weight is 211 g/mol. The van der Waals surface area contributed by atoms with Crippen molar-refractivity contribution in [1.82, 2.24) is 5.32 Å². The Hall–Kier alpha value is -0.0800. The smallest absolute Gasteiger partial charge is 0.0604 e. The minimum absolute atomic E-state index is 0.548. The molecule has 0 bridgehead atoms. The Bertz CT molecular complexity index is 189. The Labute approximate surface area is 93.8 Å². The summed E-state index contributed by atoms with van der Waals surface area (Å²) in [6.45, 7) is 6.54. The summed E-state index contributed by atoms with van der Waals surface area (Å²) in [5.74, 6) is 0. The van der Waals surface area contributed by atoms with E-state index in [1.165, 1.54) is 45.1 Å². The fourth-order valence-electron chi connectivity index (χ4n) is 2.80. The second kappa shape index (κ2) is 4.84. The summed E-state index contributed by atoms with van der Waals surface area (Å²) >= 11 is 0. The Morgan fingerprint density at radius 2 is 2.00 bits per heavy atom. The van der Waals surface area contributed by atoms with Crippen LogP contribution in [0.3, 0.4) is 0 Å². The summed E-state index contributed by atoms with van der Waals surface area (Å²) in [6.07, 6.45) is 8.69. The first-order valence-corrected chi connectivity index (χ1v) is 6.63. The molecule has 2 saturated carbocycles. The molecular weight excluding hydrogens is 186 g/mol. The van der Waals surface area contributed by atoms with E-state index in [1.54, 1.807) is 0 Å². The third-order valence-corrected chi connectivity index (χ3v) is 4.43. The van der Waals surface area contributed by atoms with Gasteiger partial charge in [0, 0.05) is 19.2 Å². The number of rotatable bonds is 6. The number of hydrogen-bond donors (Lipinski definition) is 1. The molecule has 2 rings (SSSR count). The molecule has 2 fully saturated rings. The van der Waals surface area contributed by atoms with Gasteiger partial charge in [-0.3, -0.25) is 0 Å². The summed E-state index contributed by atoms with van der Waals surface area (Å²) < 4.78 is 5.57. The highest BCUT2D eigenvalue weighted by Crippen LogP contribution is 2.43. The largest absolute Gasteiger partial charge is 0.378 e. The van der Waals surface area contributed by atoms with Gasteiger partial charge in [-0.25, -0.2) is 0 Å². The van der Waals surface area contributed by atoms with Crippen molar-refractivity contribution in [2.45, 2.75) is 64.5 Å². The Balaban J connectivity index is 1.59. The van der Waals surface area contributed by atoms with Gasteiger partial charge in [0.1, 0.15) is 0 Å². The van der Waals surface area contributed by atoms with Crippen LogP contribution in [0.1, 0.15) is 52.4 Å². The molecule has 0 heterocycles. The van der Waals surface area contributed by atoms with Crippen LogP contribution in [-0.2, 0) is 4.74 Å². The van der Waals surface area contributed by atoms with E-state index in [9.17, 15) is 0 Å². The second-order valence-electron chi connectivity index (χ2n) is 5.33. The Morgan fingerprint density at radius 3 is 2.47 bits per heavy atom. The molecule has 15 heavy (non-hydrogen) atoms. The highest BCUT2D eigenvalue weighted by Gasteiger charge is 2.37. The van der Waals surface area contributed by atoms with Gasteiger partial charge in [0.25, 0.3) is 0 Å². The van der Waals surface area contributed by atoms with Gasteiger partial charge in [-0.05, 0) is 44.4 Å². The molecule has 0 atom stereocenters. The zero-order valence-corrected chi connectivity index (χ0v) is 10.2. The van der Waals surface area contributed by atoms with Crippen LogP contribution in [0.2, 0.25) is 0 Å². The molecule has 0 aromatic heterocycles. The van der Waals surface area contributed by atoms with Crippen molar-refractivity contribution in [2.75, 3.05) is 13.2 Å².